The average Bonchev–Trinajstić information content (AvgIpc) is 2.48. The van der Waals surface area contributed by atoms with Crippen molar-refractivity contribution in [3.63, 3.8) is 0 Å². The minimum Gasteiger partial charge on any atom is -0.373 e. The maximum absolute atomic E-state index is 12.5. The van der Waals surface area contributed by atoms with Gasteiger partial charge in [-0.1, -0.05) is 6.07 Å². The topological polar surface area (TPSA) is 75.2 Å². The molecule has 106 valence electrons. The van der Waals surface area contributed by atoms with Gasteiger partial charge in [0, 0.05) is 45.3 Å². The van der Waals surface area contributed by atoms with Crippen LogP contribution in [0.4, 0.5) is 5.82 Å². The summed E-state index contributed by atoms with van der Waals surface area (Å²) in [7, 11) is -0.308. The van der Waals surface area contributed by atoms with Crippen LogP contribution >= 0.6 is 0 Å². The van der Waals surface area contributed by atoms with Crippen LogP contribution in [0.5, 0.6) is 0 Å². The Morgan fingerprint density at radius 1 is 1.30 bits per heavy atom. The molecule has 1 N–H and O–H groups in total. The Bertz CT molecular complexity index is 674. The Morgan fingerprint density at radius 3 is 2.75 bits per heavy atom. The zero-order valence-corrected chi connectivity index (χ0v) is 12.1. The lowest BCUT2D eigenvalue weighted by atomic mass is 10.3. The monoisotopic (exact) mass is 292 g/mol. The highest BCUT2D eigenvalue weighted by molar-refractivity contribution is 7.89. The Balaban J connectivity index is 2.25. The Hall–Kier alpha value is -1.99. The van der Waals surface area contributed by atoms with Crippen molar-refractivity contribution < 1.29 is 8.42 Å². The lowest BCUT2D eigenvalue weighted by Crippen LogP contribution is -2.26. The molecule has 0 atom stereocenters. The highest BCUT2D eigenvalue weighted by atomic mass is 32.2. The van der Waals surface area contributed by atoms with E-state index < -0.39 is 10.0 Å². The molecule has 0 saturated carbocycles. The van der Waals surface area contributed by atoms with Gasteiger partial charge in [0.1, 0.15) is 5.82 Å². The van der Waals surface area contributed by atoms with E-state index in [1.54, 1.807) is 32.6 Å². The Morgan fingerprint density at radius 2 is 2.10 bits per heavy atom. The van der Waals surface area contributed by atoms with Crippen LogP contribution in [0, 0.1) is 0 Å². The third-order valence-corrected chi connectivity index (χ3v) is 4.62. The summed E-state index contributed by atoms with van der Waals surface area (Å²) < 4.78 is 26.2. The molecule has 0 fully saturated rings. The molecule has 0 aliphatic heterocycles. The number of anilines is 1. The van der Waals surface area contributed by atoms with E-state index in [1.165, 1.54) is 22.6 Å². The van der Waals surface area contributed by atoms with E-state index in [1.807, 2.05) is 6.07 Å². The van der Waals surface area contributed by atoms with Gasteiger partial charge in [-0.3, -0.25) is 4.98 Å². The summed E-state index contributed by atoms with van der Waals surface area (Å²) in [5, 5.41) is 2.82. The first-order valence-corrected chi connectivity index (χ1v) is 7.47. The summed E-state index contributed by atoms with van der Waals surface area (Å²) in [6.07, 6.45) is 4.77. The van der Waals surface area contributed by atoms with Crippen molar-refractivity contribution in [3.05, 3.63) is 48.4 Å². The first kappa shape index (κ1) is 14.4. The predicted molar refractivity (Wildman–Crippen MR) is 76.7 cm³/mol. The summed E-state index contributed by atoms with van der Waals surface area (Å²) in [5.74, 6) is 0.515. The molecule has 0 aromatic carbocycles. The molecule has 2 aromatic heterocycles. The van der Waals surface area contributed by atoms with E-state index in [-0.39, 0.29) is 11.4 Å². The summed E-state index contributed by atoms with van der Waals surface area (Å²) in [6, 6.07) is 6.61. The van der Waals surface area contributed by atoms with Gasteiger partial charge in [-0.15, -0.1) is 0 Å². The SMILES string of the molecule is CNc1cc(S(=O)(=O)N(C)Cc2cccnc2)ccn1. The van der Waals surface area contributed by atoms with Gasteiger partial charge < -0.3 is 5.32 Å². The van der Waals surface area contributed by atoms with Gasteiger partial charge in [0.15, 0.2) is 0 Å². The van der Waals surface area contributed by atoms with Crippen molar-refractivity contribution in [3.8, 4) is 0 Å². The first-order chi connectivity index (χ1) is 9.54. The number of rotatable bonds is 5. The zero-order valence-electron chi connectivity index (χ0n) is 11.3. The minimum absolute atomic E-state index is 0.211. The molecule has 2 aromatic rings. The highest BCUT2D eigenvalue weighted by Gasteiger charge is 2.21. The van der Waals surface area contributed by atoms with E-state index in [9.17, 15) is 8.42 Å². The van der Waals surface area contributed by atoms with Crippen LogP contribution in [-0.4, -0.2) is 36.8 Å². The third kappa shape index (κ3) is 3.12. The van der Waals surface area contributed by atoms with Crippen molar-refractivity contribution in [2.24, 2.45) is 0 Å². The van der Waals surface area contributed by atoms with Crippen LogP contribution in [0.1, 0.15) is 5.56 Å². The molecule has 0 radical (unpaired) electrons. The summed E-state index contributed by atoms with van der Waals surface area (Å²) in [5.41, 5.74) is 0.835. The molecular formula is C13H16N4O2S. The van der Waals surface area contributed by atoms with Crippen molar-refractivity contribution in [1.29, 1.82) is 0 Å². The van der Waals surface area contributed by atoms with Crippen LogP contribution < -0.4 is 5.32 Å². The number of hydrogen-bond donors (Lipinski definition) is 1. The Labute approximate surface area is 118 Å². The van der Waals surface area contributed by atoms with Crippen LogP contribution in [0.2, 0.25) is 0 Å². The largest absolute Gasteiger partial charge is 0.373 e. The predicted octanol–water partition coefficient (Wildman–Crippen LogP) is 1.34. The summed E-state index contributed by atoms with van der Waals surface area (Å²) >= 11 is 0. The van der Waals surface area contributed by atoms with Crippen molar-refractivity contribution in [2.45, 2.75) is 11.4 Å². The molecule has 0 bridgehead atoms. The first-order valence-electron chi connectivity index (χ1n) is 6.03. The lowest BCUT2D eigenvalue weighted by Gasteiger charge is -2.17. The molecule has 0 unspecified atom stereocenters. The fraction of sp³-hybridized carbons (Fsp3) is 0.231. The fourth-order valence-corrected chi connectivity index (χ4v) is 2.89. The smallest absolute Gasteiger partial charge is 0.243 e. The average molecular weight is 292 g/mol. The van der Waals surface area contributed by atoms with Gasteiger partial charge in [0.2, 0.25) is 10.0 Å². The molecule has 0 aliphatic carbocycles. The van der Waals surface area contributed by atoms with Gasteiger partial charge in [0.05, 0.1) is 4.90 Å². The second-order valence-corrected chi connectivity index (χ2v) is 6.29. The molecule has 2 heterocycles. The standard InChI is InChI=1S/C13H16N4O2S/c1-14-13-8-12(5-7-16-13)20(18,19)17(2)10-11-4-3-6-15-9-11/h3-9H,10H2,1-2H3,(H,14,16). The van der Waals surface area contributed by atoms with E-state index in [2.05, 4.69) is 15.3 Å². The Kier molecular flexibility index (Phi) is 4.31. The van der Waals surface area contributed by atoms with E-state index in [0.717, 1.165) is 5.56 Å². The molecule has 6 nitrogen and oxygen atoms in total. The van der Waals surface area contributed by atoms with Gasteiger partial charge in [-0.05, 0) is 17.7 Å². The normalized spacial score (nSPS) is 11.6. The summed E-state index contributed by atoms with van der Waals surface area (Å²) in [4.78, 5) is 8.20. The van der Waals surface area contributed by atoms with Gasteiger partial charge in [0.25, 0.3) is 0 Å². The molecule has 20 heavy (non-hydrogen) atoms. The van der Waals surface area contributed by atoms with E-state index in [4.69, 9.17) is 0 Å². The molecule has 2 rings (SSSR count). The van der Waals surface area contributed by atoms with Crippen LogP contribution in [0.15, 0.2) is 47.8 Å². The number of hydrogen-bond acceptors (Lipinski definition) is 5. The highest BCUT2D eigenvalue weighted by Crippen LogP contribution is 2.18. The zero-order chi connectivity index (χ0) is 14.6. The second kappa shape index (κ2) is 5.98. The number of sulfonamides is 1. The minimum atomic E-state index is -3.54. The van der Waals surface area contributed by atoms with Crippen LogP contribution in [0.3, 0.4) is 0 Å². The number of nitrogens with one attached hydrogen (secondary N) is 1. The van der Waals surface area contributed by atoms with Gasteiger partial charge in [-0.2, -0.15) is 4.31 Å². The van der Waals surface area contributed by atoms with Crippen molar-refractivity contribution >= 4 is 15.8 Å². The third-order valence-electron chi connectivity index (χ3n) is 2.82. The molecule has 0 spiro atoms. The number of aromatic nitrogens is 2. The van der Waals surface area contributed by atoms with Crippen molar-refractivity contribution in [2.75, 3.05) is 19.4 Å². The maximum Gasteiger partial charge on any atom is 0.243 e. The molecule has 0 aliphatic rings. The lowest BCUT2D eigenvalue weighted by molar-refractivity contribution is 0.466. The van der Waals surface area contributed by atoms with E-state index in [0.29, 0.717) is 5.82 Å². The molecular weight excluding hydrogens is 276 g/mol. The summed E-state index contributed by atoms with van der Waals surface area (Å²) in [6.45, 7) is 0.271. The van der Waals surface area contributed by atoms with E-state index >= 15 is 0 Å². The van der Waals surface area contributed by atoms with Gasteiger partial charge in [-0.25, -0.2) is 13.4 Å². The second-order valence-electron chi connectivity index (χ2n) is 4.25. The van der Waals surface area contributed by atoms with Gasteiger partial charge >= 0.3 is 0 Å². The number of nitrogens with zero attached hydrogens (tertiary/aromatic N) is 3. The fourth-order valence-electron chi connectivity index (χ4n) is 1.72. The number of pyridine rings is 2. The molecule has 0 saturated heterocycles. The molecule has 0 amide bonds. The van der Waals surface area contributed by atoms with Crippen LogP contribution in [0.25, 0.3) is 0 Å². The quantitative estimate of drug-likeness (QED) is 0.900. The molecule has 7 heteroatoms. The van der Waals surface area contributed by atoms with Crippen LogP contribution in [-0.2, 0) is 16.6 Å². The van der Waals surface area contributed by atoms with Crippen molar-refractivity contribution in [1.82, 2.24) is 14.3 Å². The maximum atomic E-state index is 12.5.